The summed E-state index contributed by atoms with van der Waals surface area (Å²) in [6.45, 7) is 2.40. The van der Waals surface area contributed by atoms with Crippen molar-refractivity contribution in [2.24, 2.45) is 5.92 Å². The third kappa shape index (κ3) is 4.40. The van der Waals surface area contributed by atoms with Crippen molar-refractivity contribution in [3.8, 4) is 0 Å². The molecule has 0 bridgehead atoms. The van der Waals surface area contributed by atoms with E-state index in [1.807, 2.05) is 23.9 Å². The molecule has 1 N–H and O–H groups in total. The zero-order chi connectivity index (χ0) is 16.9. The summed E-state index contributed by atoms with van der Waals surface area (Å²) >= 11 is 0. The number of hydrogen-bond acceptors (Lipinski definition) is 3. The minimum absolute atomic E-state index is 0.0166. The summed E-state index contributed by atoms with van der Waals surface area (Å²) in [5.41, 5.74) is 1.70. The lowest BCUT2D eigenvalue weighted by molar-refractivity contribution is -0.122. The van der Waals surface area contributed by atoms with Gasteiger partial charge in [0.2, 0.25) is 5.91 Å². The largest absolute Gasteiger partial charge is 0.350 e. The molecular weight excluding hydrogens is 307 g/mol. The average molecular weight is 330 g/mol. The van der Waals surface area contributed by atoms with Crippen molar-refractivity contribution in [2.75, 3.05) is 0 Å². The van der Waals surface area contributed by atoms with Crippen molar-refractivity contribution in [3.05, 3.63) is 47.5 Å². The molecule has 0 radical (unpaired) electrons. The topological polar surface area (TPSA) is 59.8 Å². The van der Waals surface area contributed by atoms with Crippen LogP contribution in [0.5, 0.6) is 0 Å². The Morgan fingerprint density at radius 1 is 1.46 bits per heavy atom. The Morgan fingerprint density at radius 3 is 3.00 bits per heavy atom. The summed E-state index contributed by atoms with van der Waals surface area (Å²) in [6.07, 6.45) is 6.58. The van der Waals surface area contributed by atoms with Crippen LogP contribution in [0.15, 0.2) is 30.5 Å². The number of benzene rings is 1. The zero-order valence-corrected chi connectivity index (χ0v) is 13.9. The minimum Gasteiger partial charge on any atom is -0.350 e. The van der Waals surface area contributed by atoms with Gasteiger partial charge in [0, 0.05) is 6.42 Å². The first-order valence-electron chi connectivity index (χ1n) is 8.52. The Balaban J connectivity index is 1.42. The molecule has 1 aliphatic carbocycles. The normalized spacial score (nSPS) is 15.8. The number of carbonyl (C=O) groups is 1. The molecule has 0 saturated heterocycles. The van der Waals surface area contributed by atoms with Crippen molar-refractivity contribution in [2.45, 2.75) is 51.6 Å². The van der Waals surface area contributed by atoms with Crippen LogP contribution in [-0.4, -0.2) is 20.9 Å². The van der Waals surface area contributed by atoms with Gasteiger partial charge in [0.15, 0.2) is 0 Å². The van der Waals surface area contributed by atoms with Crippen LogP contribution in [0.25, 0.3) is 0 Å². The van der Waals surface area contributed by atoms with Crippen LogP contribution in [0.1, 0.15) is 49.9 Å². The van der Waals surface area contributed by atoms with E-state index in [0.29, 0.717) is 25.4 Å². The van der Waals surface area contributed by atoms with Gasteiger partial charge in [-0.25, -0.2) is 9.07 Å². The predicted molar refractivity (Wildman–Crippen MR) is 88.6 cm³/mol. The predicted octanol–water partition coefficient (Wildman–Crippen LogP) is 3.03. The van der Waals surface area contributed by atoms with Gasteiger partial charge in [0.25, 0.3) is 0 Å². The van der Waals surface area contributed by atoms with Crippen LogP contribution in [0, 0.1) is 11.7 Å². The molecule has 3 rings (SSSR count). The lowest BCUT2D eigenvalue weighted by Gasteiger charge is -2.24. The number of nitrogens with zero attached hydrogens (tertiary/aromatic N) is 3. The lowest BCUT2D eigenvalue weighted by Crippen LogP contribution is -2.25. The molecule has 0 spiro atoms. The Hall–Kier alpha value is -2.24. The van der Waals surface area contributed by atoms with Crippen molar-refractivity contribution >= 4 is 5.91 Å². The number of nitrogens with one attached hydrogen (secondary N) is 1. The van der Waals surface area contributed by atoms with Gasteiger partial charge >= 0.3 is 0 Å². The quantitative estimate of drug-likeness (QED) is 0.849. The summed E-state index contributed by atoms with van der Waals surface area (Å²) in [4.78, 5) is 12.1. The van der Waals surface area contributed by atoms with Crippen LogP contribution in [-0.2, 0) is 17.8 Å². The number of amides is 1. The summed E-state index contributed by atoms with van der Waals surface area (Å²) < 4.78 is 15.1. The van der Waals surface area contributed by atoms with Crippen molar-refractivity contribution in [1.29, 1.82) is 0 Å². The fourth-order valence-electron chi connectivity index (χ4n) is 2.94. The third-order valence-corrected chi connectivity index (χ3v) is 4.48. The maximum absolute atomic E-state index is 13.2. The first kappa shape index (κ1) is 16.6. The van der Waals surface area contributed by atoms with E-state index < -0.39 is 0 Å². The summed E-state index contributed by atoms with van der Waals surface area (Å²) in [6, 6.07) is 7.01. The van der Waals surface area contributed by atoms with Crippen molar-refractivity contribution in [1.82, 2.24) is 20.3 Å². The molecule has 24 heavy (non-hydrogen) atoms. The highest BCUT2D eigenvalue weighted by Gasteiger charge is 2.20. The van der Waals surface area contributed by atoms with Gasteiger partial charge in [-0.2, -0.15) is 0 Å². The minimum atomic E-state index is -0.237. The molecule has 1 atom stereocenters. The molecule has 1 aromatic heterocycles. The first-order valence-corrected chi connectivity index (χ1v) is 8.52. The van der Waals surface area contributed by atoms with Crippen molar-refractivity contribution < 1.29 is 9.18 Å². The Bertz CT molecular complexity index is 696. The molecule has 1 aliphatic rings. The Kier molecular flexibility index (Phi) is 5.23. The van der Waals surface area contributed by atoms with Crippen LogP contribution in [0.2, 0.25) is 0 Å². The van der Waals surface area contributed by atoms with Gasteiger partial charge < -0.3 is 5.32 Å². The molecule has 6 heteroatoms. The van der Waals surface area contributed by atoms with Gasteiger partial charge in [-0.05, 0) is 49.3 Å². The number of rotatable bonds is 7. The standard InChI is InChI=1S/C18H23FN4O/c1-13(8-14-4-2-5-15(19)10-14)9-18(24)20-11-16-12-23(22-21-16)17-6-3-7-17/h2,4-5,10,12-13,17H,3,6-9,11H2,1H3,(H,20,24). The second kappa shape index (κ2) is 7.55. The average Bonchev–Trinajstić information content (AvgIpc) is 2.91. The molecule has 2 aromatic rings. The van der Waals surface area contributed by atoms with E-state index in [2.05, 4.69) is 15.6 Å². The Labute approximate surface area is 141 Å². The highest BCUT2D eigenvalue weighted by Crippen LogP contribution is 2.30. The van der Waals surface area contributed by atoms with Gasteiger partial charge in [-0.1, -0.05) is 24.3 Å². The maximum Gasteiger partial charge on any atom is 0.220 e. The van der Waals surface area contributed by atoms with Gasteiger partial charge in [0.05, 0.1) is 18.8 Å². The Morgan fingerprint density at radius 2 is 2.29 bits per heavy atom. The van der Waals surface area contributed by atoms with Crippen LogP contribution >= 0.6 is 0 Å². The van der Waals surface area contributed by atoms with E-state index >= 15 is 0 Å². The number of hydrogen-bond donors (Lipinski definition) is 1. The van der Waals surface area contributed by atoms with E-state index in [0.717, 1.165) is 24.1 Å². The SMILES string of the molecule is CC(CC(=O)NCc1cn(C2CCC2)nn1)Cc1cccc(F)c1. The fourth-order valence-corrected chi connectivity index (χ4v) is 2.94. The molecule has 1 fully saturated rings. The van der Waals surface area contributed by atoms with E-state index in [-0.39, 0.29) is 17.6 Å². The summed E-state index contributed by atoms with van der Waals surface area (Å²) in [7, 11) is 0. The molecule has 5 nitrogen and oxygen atoms in total. The molecule has 1 aromatic carbocycles. The van der Waals surface area contributed by atoms with Crippen LogP contribution in [0.4, 0.5) is 4.39 Å². The highest BCUT2D eigenvalue weighted by atomic mass is 19.1. The van der Waals surface area contributed by atoms with Crippen LogP contribution < -0.4 is 5.32 Å². The second-order valence-electron chi connectivity index (χ2n) is 6.69. The van der Waals surface area contributed by atoms with E-state index in [9.17, 15) is 9.18 Å². The van der Waals surface area contributed by atoms with Gasteiger partial charge in [-0.15, -0.1) is 5.10 Å². The van der Waals surface area contributed by atoms with E-state index in [4.69, 9.17) is 0 Å². The van der Waals surface area contributed by atoms with Crippen molar-refractivity contribution in [3.63, 3.8) is 0 Å². The number of carbonyl (C=O) groups excluding carboxylic acids is 1. The molecule has 1 heterocycles. The van der Waals surface area contributed by atoms with Gasteiger partial charge in [-0.3, -0.25) is 4.79 Å². The molecular formula is C18H23FN4O. The molecule has 1 amide bonds. The molecule has 1 saturated carbocycles. The molecule has 128 valence electrons. The summed E-state index contributed by atoms with van der Waals surface area (Å²) in [5, 5.41) is 11.1. The summed E-state index contributed by atoms with van der Waals surface area (Å²) in [5.74, 6) is -0.103. The number of halogens is 1. The first-order chi connectivity index (χ1) is 11.6. The third-order valence-electron chi connectivity index (χ3n) is 4.48. The zero-order valence-electron chi connectivity index (χ0n) is 13.9. The smallest absolute Gasteiger partial charge is 0.220 e. The fraction of sp³-hybridized carbons (Fsp3) is 0.500. The van der Waals surface area contributed by atoms with E-state index in [1.165, 1.54) is 18.6 Å². The number of aromatic nitrogens is 3. The van der Waals surface area contributed by atoms with Crippen LogP contribution in [0.3, 0.4) is 0 Å². The van der Waals surface area contributed by atoms with E-state index in [1.54, 1.807) is 6.07 Å². The second-order valence-corrected chi connectivity index (χ2v) is 6.69. The molecule has 1 unspecified atom stereocenters. The highest BCUT2D eigenvalue weighted by molar-refractivity contribution is 5.76. The molecule has 0 aliphatic heterocycles. The monoisotopic (exact) mass is 330 g/mol. The maximum atomic E-state index is 13.2. The van der Waals surface area contributed by atoms with Gasteiger partial charge in [0.1, 0.15) is 11.5 Å². The lowest BCUT2D eigenvalue weighted by atomic mass is 9.93.